The molecule has 3 rings (SSSR count). The third-order valence-corrected chi connectivity index (χ3v) is 5.25. The molecule has 1 saturated heterocycles. The van der Waals surface area contributed by atoms with Crippen molar-refractivity contribution in [2.75, 3.05) is 13.2 Å². The van der Waals surface area contributed by atoms with Crippen molar-refractivity contribution < 1.29 is 49.6 Å². The Morgan fingerprint density at radius 2 is 1.84 bits per heavy atom. The lowest BCUT2D eigenvalue weighted by Gasteiger charge is -2.39. The molecule has 0 bridgehead atoms. The zero-order valence-electron chi connectivity index (χ0n) is 17.2. The van der Waals surface area contributed by atoms with Gasteiger partial charge >= 0.3 is 0 Å². The van der Waals surface area contributed by atoms with Gasteiger partial charge in [-0.1, -0.05) is 11.6 Å². The van der Waals surface area contributed by atoms with Crippen LogP contribution in [0.25, 0.3) is 11.0 Å². The Balaban J connectivity index is 2.13. The minimum Gasteiger partial charge on any atom is -0.507 e. The number of phenolic OH excluding ortho intramolecular Hbond substituents is 1. The number of fused-ring (bicyclic) bond motifs is 1. The molecule has 7 N–H and O–H groups in total. The van der Waals surface area contributed by atoms with Crippen molar-refractivity contribution >= 4 is 11.0 Å². The van der Waals surface area contributed by atoms with Gasteiger partial charge in [0.1, 0.15) is 59.3 Å². The molecule has 2 aromatic rings. The highest BCUT2D eigenvalue weighted by atomic mass is 16.7. The van der Waals surface area contributed by atoms with E-state index in [1.807, 2.05) is 0 Å². The van der Waals surface area contributed by atoms with E-state index in [9.17, 15) is 40.5 Å². The quantitative estimate of drug-likeness (QED) is 0.245. The summed E-state index contributed by atoms with van der Waals surface area (Å²) in [7, 11) is 0. The van der Waals surface area contributed by atoms with Crippen LogP contribution in [0.4, 0.5) is 0 Å². The first kappa shape index (κ1) is 24.1. The first-order valence-corrected chi connectivity index (χ1v) is 9.87. The Morgan fingerprint density at radius 3 is 2.47 bits per heavy atom. The van der Waals surface area contributed by atoms with Gasteiger partial charge in [-0.2, -0.15) is 0 Å². The van der Waals surface area contributed by atoms with Gasteiger partial charge in [-0.3, -0.25) is 4.79 Å². The van der Waals surface area contributed by atoms with Crippen molar-refractivity contribution in [2.45, 2.75) is 50.7 Å². The molecule has 2 heterocycles. The van der Waals surface area contributed by atoms with Crippen LogP contribution in [-0.4, -0.2) is 79.7 Å². The van der Waals surface area contributed by atoms with E-state index in [1.54, 1.807) is 13.0 Å². The Hall–Kier alpha value is -2.51. The fraction of sp³-hybridized carbons (Fsp3) is 0.476. The van der Waals surface area contributed by atoms with Gasteiger partial charge in [0, 0.05) is 17.7 Å². The number of aliphatic hydroxyl groups is 6. The summed E-state index contributed by atoms with van der Waals surface area (Å²) in [4.78, 5) is 12.5. The molecule has 11 heteroatoms. The summed E-state index contributed by atoms with van der Waals surface area (Å²) in [6, 6.07) is 2.15. The van der Waals surface area contributed by atoms with Crippen molar-refractivity contribution in [3.8, 4) is 11.5 Å². The molecular formula is C21H26O11. The molecule has 1 aliphatic rings. The fourth-order valence-electron chi connectivity index (χ4n) is 3.40. The van der Waals surface area contributed by atoms with Crippen LogP contribution in [0.15, 0.2) is 33.0 Å². The molecule has 1 fully saturated rings. The van der Waals surface area contributed by atoms with Gasteiger partial charge < -0.3 is 49.6 Å². The van der Waals surface area contributed by atoms with Crippen LogP contribution in [-0.2, 0) is 17.8 Å². The van der Waals surface area contributed by atoms with Gasteiger partial charge in [0.05, 0.1) is 13.2 Å². The van der Waals surface area contributed by atoms with E-state index in [0.29, 0.717) is 5.57 Å². The topological polar surface area (TPSA) is 190 Å². The lowest BCUT2D eigenvalue weighted by atomic mass is 9.99. The Labute approximate surface area is 182 Å². The Morgan fingerprint density at radius 1 is 1.12 bits per heavy atom. The number of aliphatic hydroxyl groups excluding tert-OH is 6. The van der Waals surface area contributed by atoms with Gasteiger partial charge in [0.25, 0.3) is 0 Å². The lowest BCUT2D eigenvalue weighted by molar-refractivity contribution is -0.277. The van der Waals surface area contributed by atoms with E-state index >= 15 is 0 Å². The molecule has 0 unspecified atom stereocenters. The standard InChI is InChI=1S/C21H26O11/c1-9(6-22)2-3-11-14(31-21-19(29)18(28)17(27)15(8-24)32-21)5-13(26)16-12(25)4-10(7-23)30-20(11)16/h2,4-5,15,17-19,21-24,26-29H,3,6-8H2,1H3/b9-2+/t15-,17-,18+,19-,21-/m1/s1. The predicted molar refractivity (Wildman–Crippen MR) is 109 cm³/mol. The predicted octanol–water partition coefficient (Wildman–Crippen LogP) is -1.35. The van der Waals surface area contributed by atoms with E-state index in [2.05, 4.69) is 0 Å². The van der Waals surface area contributed by atoms with Crippen molar-refractivity contribution in [3.05, 3.63) is 45.3 Å². The van der Waals surface area contributed by atoms with Gasteiger partial charge in [-0.15, -0.1) is 0 Å². The molecule has 1 aromatic heterocycles. The first-order valence-electron chi connectivity index (χ1n) is 9.87. The molecule has 0 amide bonds. The molecule has 176 valence electrons. The zero-order chi connectivity index (χ0) is 23.6. The Kier molecular flexibility index (Phi) is 7.51. The highest BCUT2D eigenvalue weighted by Crippen LogP contribution is 2.36. The molecule has 5 atom stereocenters. The van der Waals surface area contributed by atoms with Crippen molar-refractivity contribution in [2.24, 2.45) is 0 Å². The van der Waals surface area contributed by atoms with Crippen LogP contribution in [0.5, 0.6) is 11.5 Å². The maximum Gasteiger partial charge on any atom is 0.229 e. The van der Waals surface area contributed by atoms with Crippen LogP contribution in [0.2, 0.25) is 0 Å². The molecule has 0 saturated carbocycles. The second kappa shape index (κ2) is 9.96. The largest absolute Gasteiger partial charge is 0.507 e. The maximum absolute atomic E-state index is 12.5. The molecule has 0 radical (unpaired) electrons. The molecule has 1 aromatic carbocycles. The number of ether oxygens (including phenoxy) is 2. The van der Waals surface area contributed by atoms with Gasteiger partial charge in [0.2, 0.25) is 6.29 Å². The molecule has 11 nitrogen and oxygen atoms in total. The van der Waals surface area contributed by atoms with Crippen molar-refractivity contribution in [1.29, 1.82) is 0 Å². The van der Waals surface area contributed by atoms with E-state index in [4.69, 9.17) is 13.9 Å². The smallest absolute Gasteiger partial charge is 0.229 e. The second-order valence-corrected chi connectivity index (χ2v) is 7.54. The zero-order valence-corrected chi connectivity index (χ0v) is 17.2. The SMILES string of the molecule is C/C(=C\Cc1c(O[C@@H]2O[C@H](CO)[C@@H](O)[C@H](O)[C@H]2O)cc(O)c2c(=O)cc(CO)oc12)CO. The third-order valence-electron chi connectivity index (χ3n) is 5.25. The summed E-state index contributed by atoms with van der Waals surface area (Å²) in [5.41, 5.74) is 0.139. The van der Waals surface area contributed by atoms with Crippen LogP contribution in [0, 0.1) is 0 Å². The first-order chi connectivity index (χ1) is 15.2. The minimum absolute atomic E-state index is 0.0593. The lowest BCUT2D eigenvalue weighted by Crippen LogP contribution is -2.60. The van der Waals surface area contributed by atoms with E-state index in [0.717, 1.165) is 12.1 Å². The molecule has 0 aliphatic carbocycles. The van der Waals surface area contributed by atoms with Crippen LogP contribution in [0.3, 0.4) is 0 Å². The van der Waals surface area contributed by atoms with Gasteiger partial charge in [-0.25, -0.2) is 0 Å². The number of hydrogen-bond acceptors (Lipinski definition) is 11. The summed E-state index contributed by atoms with van der Waals surface area (Å²) >= 11 is 0. The number of aromatic hydroxyl groups is 1. The van der Waals surface area contributed by atoms with Gasteiger partial charge in [0.15, 0.2) is 5.43 Å². The highest BCUT2D eigenvalue weighted by molar-refractivity contribution is 5.88. The van der Waals surface area contributed by atoms with Crippen molar-refractivity contribution in [1.82, 2.24) is 0 Å². The average molecular weight is 454 g/mol. The number of benzene rings is 1. The van der Waals surface area contributed by atoms with E-state index in [1.165, 1.54) is 0 Å². The molecule has 0 spiro atoms. The van der Waals surface area contributed by atoms with Crippen LogP contribution >= 0.6 is 0 Å². The molecule has 1 aliphatic heterocycles. The summed E-state index contributed by atoms with van der Waals surface area (Å²) in [5.74, 6) is -0.639. The number of phenols is 1. The molecular weight excluding hydrogens is 428 g/mol. The van der Waals surface area contributed by atoms with Gasteiger partial charge in [-0.05, 0) is 13.3 Å². The second-order valence-electron chi connectivity index (χ2n) is 7.54. The Bertz CT molecular complexity index is 1040. The third kappa shape index (κ3) is 4.64. The van der Waals surface area contributed by atoms with E-state index < -0.39 is 55.1 Å². The summed E-state index contributed by atoms with van der Waals surface area (Å²) in [6.45, 7) is 0.198. The highest BCUT2D eigenvalue weighted by Gasteiger charge is 2.45. The maximum atomic E-state index is 12.5. The van der Waals surface area contributed by atoms with Crippen LogP contribution < -0.4 is 10.2 Å². The average Bonchev–Trinajstić information content (AvgIpc) is 2.78. The number of allylic oxidation sites excluding steroid dienone is 1. The summed E-state index contributed by atoms with van der Waals surface area (Å²) in [5, 5.41) is 68.6. The monoisotopic (exact) mass is 454 g/mol. The number of rotatable bonds is 7. The minimum atomic E-state index is -1.70. The van der Waals surface area contributed by atoms with Crippen molar-refractivity contribution in [3.63, 3.8) is 0 Å². The fourth-order valence-corrected chi connectivity index (χ4v) is 3.40. The normalized spacial score (nSPS) is 26.5. The number of hydrogen-bond donors (Lipinski definition) is 7. The van der Waals surface area contributed by atoms with E-state index in [-0.39, 0.29) is 41.1 Å². The summed E-state index contributed by atoms with van der Waals surface area (Å²) < 4.78 is 16.6. The summed E-state index contributed by atoms with van der Waals surface area (Å²) in [6.07, 6.45) is -6.05. The molecule has 32 heavy (non-hydrogen) atoms. The van der Waals surface area contributed by atoms with Crippen LogP contribution in [0.1, 0.15) is 18.2 Å².